The van der Waals surface area contributed by atoms with Crippen LogP contribution in [0.3, 0.4) is 0 Å². The molecule has 1 saturated heterocycles. The van der Waals surface area contributed by atoms with Crippen LogP contribution in [0.1, 0.15) is 33.6 Å². The van der Waals surface area contributed by atoms with Gasteiger partial charge in [0.2, 0.25) is 5.91 Å². The van der Waals surface area contributed by atoms with Crippen molar-refractivity contribution < 1.29 is 19.0 Å². The van der Waals surface area contributed by atoms with Gasteiger partial charge in [-0.25, -0.2) is 0 Å². The fraction of sp³-hybridized carbons (Fsp3) is 0.650. The summed E-state index contributed by atoms with van der Waals surface area (Å²) < 4.78 is 16.7. The summed E-state index contributed by atoms with van der Waals surface area (Å²) in [6, 6.07) is 7.61. The molecule has 1 aromatic carbocycles. The molecule has 1 amide bonds. The predicted octanol–water partition coefficient (Wildman–Crippen LogP) is 2.47. The first-order chi connectivity index (χ1) is 12.5. The van der Waals surface area contributed by atoms with Crippen molar-refractivity contribution in [1.82, 2.24) is 10.2 Å². The van der Waals surface area contributed by atoms with E-state index in [-0.39, 0.29) is 11.4 Å². The van der Waals surface area contributed by atoms with E-state index in [1.165, 1.54) is 0 Å². The van der Waals surface area contributed by atoms with Crippen molar-refractivity contribution in [3.63, 3.8) is 0 Å². The Morgan fingerprint density at radius 2 is 1.85 bits per heavy atom. The molecule has 1 aromatic rings. The number of hydrogen-bond acceptors (Lipinski definition) is 5. The molecule has 26 heavy (non-hydrogen) atoms. The number of morpholine rings is 1. The SMILES string of the molecule is CCOc1ccccc1OCCCC(=O)NCC(C)(C)N1CCOCC1. The molecule has 1 aliphatic rings. The number of ether oxygens (including phenoxy) is 3. The Hall–Kier alpha value is -1.79. The topological polar surface area (TPSA) is 60.0 Å². The van der Waals surface area contributed by atoms with Crippen molar-refractivity contribution in [3.8, 4) is 11.5 Å². The molecule has 6 heteroatoms. The highest BCUT2D eigenvalue weighted by molar-refractivity contribution is 5.75. The van der Waals surface area contributed by atoms with Gasteiger partial charge in [0.15, 0.2) is 11.5 Å². The van der Waals surface area contributed by atoms with Crippen LogP contribution in [-0.2, 0) is 9.53 Å². The predicted molar refractivity (Wildman–Crippen MR) is 102 cm³/mol. The van der Waals surface area contributed by atoms with Crippen LogP contribution in [0.15, 0.2) is 24.3 Å². The number of benzene rings is 1. The van der Waals surface area contributed by atoms with E-state index in [0.717, 1.165) is 37.8 Å². The summed E-state index contributed by atoms with van der Waals surface area (Å²) in [6.45, 7) is 11.3. The summed E-state index contributed by atoms with van der Waals surface area (Å²) >= 11 is 0. The standard InChI is InChI=1S/C20H32N2O4/c1-4-25-17-8-5-6-9-18(17)26-13-7-10-19(23)21-16-20(2,3)22-11-14-24-15-12-22/h5-6,8-9H,4,7,10-16H2,1-3H3,(H,21,23). The van der Waals surface area contributed by atoms with E-state index in [9.17, 15) is 4.79 Å². The Labute approximate surface area is 156 Å². The van der Waals surface area contributed by atoms with Crippen molar-refractivity contribution in [2.24, 2.45) is 0 Å². The summed E-state index contributed by atoms with van der Waals surface area (Å²) in [6.07, 6.45) is 1.13. The summed E-state index contributed by atoms with van der Waals surface area (Å²) in [4.78, 5) is 14.5. The molecule has 1 heterocycles. The lowest BCUT2D eigenvalue weighted by Gasteiger charge is -2.40. The molecule has 0 atom stereocenters. The van der Waals surface area contributed by atoms with Gasteiger partial charge in [0.1, 0.15) is 0 Å². The third-order valence-electron chi connectivity index (χ3n) is 4.54. The molecule has 0 spiro atoms. The number of carbonyl (C=O) groups excluding carboxylic acids is 1. The number of nitrogens with one attached hydrogen (secondary N) is 1. The van der Waals surface area contributed by atoms with Crippen LogP contribution in [0.4, 0.5) is 0 Å². The van der Waals surface area contributed by atoms with E-state index in [1.807, 2.05) is 31.2 Å². The van der Waals surface area contributed by atoms with Gasteiger partial charge in [0.25, 0.3) is 0 Å². The van der Waals surface area contributed by atoms with Crippen LogP contribution in [0.25, 0.3) is 0 Å². The van der Waals surface area contributed by atoms with Crippen LogP contribution in [0.5, 0.6) is 11.5 Å². The second kappa shape index (κ2) is 10.4. The number of hydrogen-bond donors (Lipinski definition) is 1. The zero-order chi connectivity index (χ0) is 18.8. The fourth-order valence-corrected chi connectivity index (χ4v) is 2.94. The molecule has 2 rings (SSSR count). The van der Waals surface area contributed by atoms with Gasteiger partial charge in [-0.05, 0) is 39.3 Å². The Kier molecular flexibility index (Phi) is 8.19. The Balaban J connectivity index is 1.66. The molecular weight excluding hydrogens is 332 g/mol. The highest BCUT2D eigenvalue weighted by Crippen LogP contribution is 2.26. The molecule has 0 unspecified atom stereocenters. The fourth-order valence-electron chi connectivity index (χ4n) is 2.94. The largest absolute Gasteiger partial charge is 0.490 e. The van der Waals surface area contributed by atoms with Crippen molar-refractivity contribution in [2.75, 3.05) is 46.1 Å². The van der Waals surface area contributed by atoms with Gasteiger partial charge in [-0.3, -0.25) is 9.69 Å². The van der Waals surface area contributed by atoms with Gasteiger partial charge >= 0.3 is 0 Å². The molecule has 0 bridgehead atoms. The first kappa shape index (κ1) is 20.5. The van der Waals surface area contributed by atoms with Crippen LogP contribution < -0.4 is 14.8 Å². The summed E-state index contributed by atoms with van der Waals surface area (Å²) in [5, 5.41) is 3.05. The summed E-state index contributed by atoms with van der Waals surface area (Å²) in [5.41, 5.74) is -0.0631. The van der Waals surface area contributed by atoms with E-state index in [4.69, 9.17) is 14.2 Å². The van der Waals surface area contributed by atoms with Gasteiger partial charge in [0, 0.05) is 31.6 Å². The molecule has 0 aliphatic carbocycles. The maximum Gasteiger partial charge on any atom is 0.220 e. The van der Waals surface area contributed by atoms with E-state index in [2.05, 4.69) is 24.1 Å². The van der Waals surface area contributed by atoms with Crippen LogP contribution in [0.2, 0.25) is 0 Å². The minimum Gasteiger partial charge on any atom is -0.490 e. The number of carbonyl (C=O) groups is 1. The van der Waals surface area contributed by atoms with Crippen molar-refractivity contribution in [3.05, 3.63) is 24.3 Å². The number of amides is 1. The molecule has 1 N–H and O–H groups in total. The van der Waals surface area contributed by atoms with Gasteiger partial charge in [-0.2, -0.15) is 0 Å². The molecular formula is C20H32N2O4. The first-order valence-corrected chi connectivity index (χ1v) is 9.47. The average molecular weight is 364 g/mol. The smallest absolute Gasteiger partial charge is 0.220 e. The summed E-state index contributed by atoms with van der Waals surface area (Å²) in [7, 11) is 0. The average Bonchev–Trinajstić information content (AvgIpc) is 2.66. The molecule has 1 aliphatic heterocycles. The zero-order valence-corrected chi connectivity index (χ0v) is 16.3. The van der Waals surface area contributed by atoms with Gasteiger partial charge in [0.05, 0.1) is 26.4 Å². The van der Waals surface area contributed by atoms with Crippen molar-refractivity contribution in [2.45, 2.75) is 39.2 Å². The highest BCUT2D eigenvalue weighted by atomic mass is 16.5. The van der Waals surface area contributed by atoms with Crippen molar-refractivity contribution in [1.29, 1.82) is 0 Å². The Morgan fingerprint density at radius 3 is 2.50 bits per heavy atom. The van der Waals surface area contributed by atoms with Gasteiger partial charge in [-0.15, -0.1) is 0 Å². The number of rotatable bonds is 10. The normalized spacial score (nSPS) is 15.5. The highest BCUT2D eigenvalue weighted by Gasteiger charge is 2.28. The minimum atomic E-state index is -0.0631. The van der Waals surface area contributed by atoms with Gasteiger partial charge < -0.3 is 19.5 Å². The molecule has 0 saturated carbocycles. The maximum atomic E-state index is 12.1. The zero-order valence-electron chi connectivity index (χ0n) is 16.3. The maximum absolute atomic E-state index is 12.1. The van der Waals surface area contributed by atoms with Crippen molar-refractivity contribution >= 4 is 5.91 Å². The number of para-hydroxylation sites is 2. The van der Waals surface area contributed by atoms with E-state index in [0.29, 0.717) is 32.6 Å². The Bertz CT molecular complexity index is 556. The molecule has 0 radical (unpaired) electrons. The summed E-state index contributed by atoms with van der Waals surface area (Å²) in [5.74, 6) is 1.53. The van der Waals surface area contributed by atoms with Crippen LogP contribution in [0, 0.1) is 0 Å². The lowest BCUT2D eigenvalue weighted by atomic mass is 10.0. The third-order valence-corrected chi connectivity index (χ3v) is 4.54. The van der Waals surface area contributed by atoms with E-state index < -0.39 is 0 Å². The van der Waals surface area contributed by atoms with E-state index >= 15 is 0 Å². The molecule has 1 fully saturated rings. The lowest BCUT2D eigenvalue weighted by Crippen LogP contribution is -2.55. The van der Waals surface area contributed by atoms with Crippen LogP contribution >= 0.6 is 0 Å². The second-order valence-corrected chi connectivity index (χ2v) is 7.02. The lowest BCUT2D eigenvalue weighted by molar-refractivity contribution is -0.122. The molecule has 146 valence electrons. The molecule has 0 aromatic heterocycles. The first-order valence-electron chi connectivity index (χ1n) is 9.47. The second-order valence-electron chi connectivity index (χ2n) is 7.02. The third kappa shape index (κ3) is 6.50. The minimum absolute atomic E-state index is 0.0630. The van der Waals surface area contributed by atoms with Crippen LogP contribution in [-0.4, -0.2) is 62.4 Å². The molecule has 6 nitrogen and oxygen atoms in total. The van der Waals surface area contributed by atoms with E-state index in [1.54, 1.807) is 0 Å². The number of nitrogens with zero attached hydrogens (tertiary/aromatic N) is 1. The quantitative estimate of drug-likeness (QED) is 0.646. The van der Waals surface area contributed by atoms with Gasteiger partial charge in [-0.1, -0.05) is 12.1 Å². The Morgan fingerprint density at radius 1 is 1.19 bits per heavy atom. The monoisotopic (exact) mass is 364 g/mol.